The van der Waals surface area contributed by atoms with E-state index in [2.05, 4.69) is 10.4 Å². The topological polar surface area (TPSA) is 33.7 Å². The van der Waals surface area contributed by atoms with Gasteiger partial charge in [0.05, 0.1) is 30.9 Å². The number of halogens is 2. The van der Waals surface area contributed by atoms with Gasteiger partial charge in [0.2, 0.25) is 0 Å². The van der Waals surface area contributed by atoms with Crippen LogP contribution < -0.4 is 10.2 Å². The number of rotatable bonds is 2. The van der Waals surface area contributed by atoms with E-state index in [1.807, 2.05) is 6.07 Å². The molecule has 2 aliphatic heterocycles. The van der Waals surface area contributed by atoms with Gasteiger partial charge in [-0.05, 0) is 12.1 Å². The summed E-state index contributed by atoms with van der Waals surface area (Å²) in [4.78, 5) is 0. The first-order chi connectivity index (χ1) is 9.24. The number of hydrazine groups is 1. The highest BCUT2D eigenvalue weighted by Crippen LogP contribution is 2.40. The average molecular weight is 303 g/mol. The van der Waals surface area contributed by atoms with Crippen molar-refractivity contribution < 1.29 is 9.47 Å². The second-order valence-corrected chi connectivity index (χ2v) is 5.57. The second kappa shape index (κ2) is 5.85. The van der Waals surface area contributed by atoms with E-state index in [9.17, 15) is 0 Å². The summed E-state index contributed by atoms with van der Waals surface area (Å²) in [6.45, 7) is 3.97. The molecule has 0 amide bonds. The maximum atomic E-state index is 6.18. The summed E-state index contributed by atoms with van der Waals surface area (Å²) in [7, 11) is 0. The zero-order valence-electron chi connectivity index (χ0n) is 10.5. The number of nitrogens with one attached hydrogen (secondary N) is 1. The zero-order chi connectivity index (χ0) is 13.2. The molecule has 6 heteroatoms. The molecule has 1 saturated heterocycles. The number of nitrogens with zero attached hydrogens (tertiary/aromatic N) is 1. The van der Waals surface area contributed by atoms with Crippen LogP contribution in [0.5, 0.6) is 5.75 Å². The predicted octanol–water partition coefficient (Wildman–Crippen LogP) is 2.65. The van der Waals surface area contributed by atoms with Gasteiger partial charge in [-0.2, -0.15) is 0 Å². The predicted molar refractivity (Wildman–Crippen MR) is 74.8 cm³/mol. The van der Waals surface area contributed by atoms with E-state index < -0.39 is 0 Å². The second-order valence-electron chi connectivity index (χ2n) is 4.72. The van der Waals surface area contributed by atoms with E-state index in [0.29, 0.717) is 16.7 Å². The molecule has 1 fully saturated rings. The van der Waals surface area contributed by atoms with Crippen molar-refractivity contribution in [3.63, 3.8) is 0 Å². The fraction of sp³-hybridized carbons (Fsp3) is 0.538. The molecule has 2 aliphatic rings. The highest BCUT2D eigenvalue weighted by atomic mass is 35.5. The largest absolute Gasteiger partial charge is 0.492 e. The highest BCUT2D eigenvalue weighted by molar-refractivity contribution is 6.35. The van der Waals surface area contributed by atoms with E-state index >= 15 is 0 Å². The molecule has 1 unspecified atom stereocenters. The van der Waals surface area contributed by atoms with Gasteiger partial charge < -0.3 is 9.47 Å². The summed E-state index contributed by atoms with van der Waals surface area (Å²) in [6, 6.07) is 3.84. The van der Waals surface area contributed by atoms with Crippen LogP contribution in [0.15, 0.2) is 12.1 Å². The Morgan fingerprint density at radius 2 is 1.95 bits per heavy atom. The average Bonchev–Trinajstić information content (AvgIpc) is 2.41. The summed E-state index contributed by atoms with van der Waals surface area (Å²) in [5.74, 6) is 0.753. The monoisotopic (exact) mass is 302 g/mol. The van der Waals surface area contributed by atoms with Crippen molar-refractivity contribution in [3.05, 3.63) is 27.7 Å². The molecule has 19 heavy (non-hydrogen) atoms. The van der Waals surface area contributed by atoms with Gasteiger partial charge in [-0.1, -0.05) is 23.2 Å². The Hall–Kier alpha value is -0.520. The first-order valence-electron chi connectivity index (χ1n) is 6.44. The van der Waals surface area contributed by atoms with E-state index in [0.717, 1.165) is 44.0 Å². The van der Waals surface area contributed by atoms with Gasteiger partial charge >= 0.3 is 0 Å². The maximum Gasteiger partial charge on any atom is 0.142 e. The maximum absolute atomic E-state index is 6.18. The Labute approximate surface area is 122 Å². The molecule has 1 N–H and O–H groups in total. The van der Waals surface area contributed by atoms with Gasteiger partial charge in [-0.25, -0.2) is 10.4 Å². The van der Waals surface area contributed by atoms with Crippen molar-refractivity contribution in [3.8, 4) is 5.75 Å². The van der Waals surface area contributed by atoms with Crippen LogP contribution >= 0.6 is 23.2 Å². The normalized spacial score (nSPS) is 23.8. The summed E-state index contributed by atoms with van der Waals surface area (Å²) in [6.07, 6.45) is 0.904. The number of hydrogen-bond acceptors (Lipinski definition) is 4. The molecule has 1 atom stereocenters. The molecule has 0 radical (unpaired) electrons. The molecule has 0 aliphatic carbocycles. The number of hydrogen-bond donors (Lipinski definition) is 1. The summed E-state index contributed by atoms with van der Waals surface area (Å²) in [5.41, 5.74) is 4.56. The Morgan fingerprint density at radius 3 is 2.74 bits per heavy atom. The number of ether oxygens (including phenoxy) is 2. The lowest BCUT2D eigenvalue weighted by atomic mass is 10.0. The van der Waals surface area contributed by atoms with Crippen LogP contribution in [0.1, 0.15) is 18.0 Å². The molecule has 1 aromatic rings. The lowest BCUT2D eigenvalue weighted by molar-refractivity contribution is -0.000182. The molecule has 0 spiro atoms. The third-order valence-corrected chi connectivity index (χ3v) is 3.91. The highest BCUT2D eigenvalue weighted by Gasteiger charge is 2.26. The Kier molecular flexibility index (Phi) is 4.15. The Bertz CT molecular complexity index is 464. The molecule has 104 valence electrons. The molecule has 1 aromatic carbocycles. The van der Waals surface area contributed by atoms with E-state index in [1.165, 1.54) is 0 Å². The minimum absolute atomic E-state index is 0.193. The summed E-state index contributed by atoms with van der Waals surface area (Å²) >= 11 is 12.3. The summed E-state index contributed by atoms with van der Waals surface area (Å²) in [5, 5.41) is 3.41. The van der Waals surface area contributed by atoms with Gasteiger partial charge in [-0.15, -0.1) is 0 Å². The van der Waals surface area contributed by atoms with Crippen molar-refractivity contribution in [2.24, 2.45) is 0 Å². The molecule has 3 rings (SSSR count). The number of fused-ring (bicyclic) bond motifs is 1. The van der Waals surface area contributed by atoms with E-state index in [-0.39, 0.29) is 6.04 Å². The van der Waals surface area contributed by atoms with Crippen molar-refractivity contribution in [1.82, 2.24) is 10.4 Å². The minimum atomic E-state index is 0.193. The van der Waals surface area contributed by atoms with Gasteiger partial charge in [0.25, 0.3) is 0 Å². The molecule has 0 saturated carbocycles. The smallest absolute Gasteiger partial charge is 0.142 e. The zero-order valence-corrected chi connectivity index (χ0v) is 12.0. The third-order valence-electron chi connectivity index (χ3n) is 3.41. The standard InChI is InChI=1S/C13H16Cl2N2O2/c14-9-7-10-12(16-17-2-5-18-6-3-17)1-4-19-13(10)11(15)8-9/h7-8,12,16H,1-6H2. The minimum Gasteiger partial charge on any atom is -0.492 e. The first kappa shape index (κ1) is 13.5. The fourth-order valence-corrected chi connectivity index (χ4v) is 3.04. The van der Waals surface area contributed by atoms with Gasteiger partial charge in [0.15, 0.2) is 0 Å². The molecule has 2 heterocycles. The van der Waals surface area contributed by atoms with Crippen LogP contribution in [0.25, 0.3) is 0 Å². The molecule has 0 bridgehead atoms. The quantitative estimate of drug-likeness (QED) is 0.911. The van der Waals surface area contributed by atoms with Crippen LogP contribution in [0.4, 0.5) is 0 Å². The Morgan fingerprint density at radius 1 is 1.16 bits per heavy atom. The van der Waals surface area contributed by atoms with E-state index in [4.69, 9.17) is 32.7 Å². The van der Waals surface area contributed by atoms with Crippen molar-refractivity contribution >= 4 is 23.2 Å². The lowest BCUT2D eigenvalue weighted by Gasteiger charge is -2.34. The van der Waals surface area contributed by atoms with Gasteiger partial charge in [0.1, 0.15) is 5.75 Å². The SMILES string of the molecule is Clc1cc(Cl)c2c(c1)C(NN1CCOCC1)CCO2. The Balaban J connectivity index is 1.81. The third kappa shape index (κ3) is 2.98. The van der Waals surface area contributed by atoms with Gasteiger partial charge in [0, 0.05) is 30.1 Å². The van der Waals surface area contributed by atoms with E-state index in [1.54, 1.807) is 6.07 Å². The van der Waals surface area contributed by atoms with Crippen molar-refractivity contribution in [1.29, 1.82) is 0 Å². The summed E-state index contributed by atoms with van der Waals surface area (Å²) < 4.78 is 11.0. The first-order valence-corrected chi connectivity index (χ1v) is 7.20. The molecular formula is C13H16Cl2N2O2. The van der Waals surface area contributed by atoms with Crippen molar-refractivity contribution in [2.75, 3.05) is 32.9 Å². The van der Waals surface area contributed by atoms with Crippen LogP contribution in [0.2, 0.25) is 10.0 Å². The fourth-order valence-electron chi connectivity index (χ4n) is 2.47. The van der Waals surface area contributed by atoms with Gasteiger partial charge in [-0.3, -0.25) is 0 Å². The van der Waals surface area contributed by atoms with Crippen LogP contribution in [0.3, 0.4) is 0 Å². The number of morpholine rings is 1. The van der Waals surface area contributed by atoms with Crippen LogP contribution in [-0.2, 0) is 4.74 Å². The van der Waals surface area contributed by atoms with Crippen molar-refractivity contribution in [2.45, 2.75) is 12.5 Å². The lowest BCUT2D eigenvalue weighted by Crippen LogP contribution is -2.48. The number of benzene rings is 1. The molecule has 0 aromatic heterocycles. The van der Waals surface area contributed by atoms with Crippen LogP contribution in [-0.4, -0.2) is 37.9 Å². The molecule has 4 nitrogen and oxygen atoms in total. The molecular weight excluding hydrogens is 287 g/mol. The van der Waals surface area contributed by atoms with Crippen LogP contribution in [0, 0.1) is 0 Å².